The van der Waals surface area contributed by atoms with E-state index in [1.807, 2.05) is 78.9 Å². The number of para-hydroxylation sites is 1. The van der Waals surface area contributed by atoms with Gasteiger partial charge in [0.15, 0.2) is 5.76 Å². The molecule has 0 bridgehead atoms. The zero-order valence-electron chi connectivity index (χ0n) is 13.9. The third-order valence-electron chi connectivity index (χ3n) is 4.26. The van der Waals surface area contributed by atoms with Gasteiger partial charge in [0.2, 0.25) is 0 Å². The molecule has 4 aromatic rings. The fourth-order valence-corrected chi connectivity index (χ4v) is 3.22. The van der Waals surface area contributed by atoms with Crippen LogP contribution in [-0.2, 0) is 0 Å². The summed E-state index contributed by atoms with van der Waals surface area (Å²) >= 11 is 3.46. The number of carbonyl (C=O) groups is 1. The van der Waals surface area contributed by atoms with Crippen LogP contribution in [0.2, 0.25) is 0 Å². The van der Waals surface area contributed by atoms with Crippen molar-refractivity contribution in [2.24, 2.45) is 0 Å². The third-order valence-corrected chi connectivity index (χ3v) is 4.79. The minimum absolute atomic E-state index is 0.238. The van der Waals surface area contributed by atoms with Crippen LogP contribution in [0.25, 0.3) is 11.0 Å². The molecule has 26 heavy (non-hydrogen) atoms. The van der Waals surface area contributed by atoms with Crippen molar-refractivity contribution in [1.29, 1.82) is 0 Å². The number of nitrogens with one attached hydrogen (secondary N) is 1. The lowest BCUT2D eigenvalue weighted by Crippen LogP contribution is -2.29. The van der Waals surface area contributed by atoms with E-state index >= 15 is 0 Å². The molecule has 1 aromatic heterocycles. The molecule has 0 saturated heterocycles. The van der Waals surface area contributed by atoms with Gasteiger partial charge in [-0.25, -0.2) is 0 Å². The highest BCUT2D eigenvalue weighted by Crippen LogP contribution is 2.25. The molecule has 1 atom stereocenters. The number of furan rings is 1. The van der Waals surface area contributed by atoms with Crippen molar-refractivity contribution in [3.05, 3.63) is 106 Å². The van der Waals surface area contributed by atoms with E-state index in [-0.39, 0.29) is 11.9 Å². The van der Waals surface area contributed by atoms with Crippen molar-refractivity contribution >= 4 is 32.8 Å². The number of amides is 1. The van der Waals surface area contributed by atoms with Crippen LogP contribution in [0.4, 0.5) is 0 Å². The molecular formula is C22H16BrNO2. The summed E-state index contributed by atoms with van der Waals surface area (Å²) in [6.45, 7) is 0. The van der Waals surface area contributed by atoms with Gasteiger partial charge in [0.25, 0.3) is 5.91 Å². The maximum Gasteiger partial charge on any atom is 0.287 e. The van der Waals surface area contributed by atoms with Crippen molar-refractivity contribution < 1.29 is 9.21 Å². The fourth-order valence-electron chi connectivity index (χ4n) is 2.96. The SMILES string of the molecule is O=C(NC(c1ccccc1)c1ccc(Br)cc1)c1cc2ccccc2o1. The molecule has 0 spiro atoms. The molecule has 1 heterocycles. The molecule has 0 aliphatic heterocycles. The van der Waals surface area contributed by atoms with Gasteiger partial charge in [-0.05, 0) is 35.4 Å². The monoisotopic (exact) mass is 405 g/mol. The number of carbonyl (C=O) groups excluding carboxylic acids is 1. The number of fused-ring (bicyclic) bond motifs is 1. The summed E-state index contributed by atoms with van der Waals surface area (Å²) in [5.74, 6) is 0.0715. The molecule has 0 saturated carbocycles. The average molecular weight is 406 g/mol. The van der Waals surface area contributed by atoms with Crippen LogP contribution in [0.5, 0.6) is 0 Å². The molecule has 1 amide bonds. The first-order valence-electron chi connectivity index (χ1n) is 8.30. The van der Waals surface area contributed by atoms with E-state index in [4.69, 9.17) is 4.42 Å². The Balaban J connectivity index is 1.67. The molecule has 0 radical (unpaired) electrons. The van der Waals surface area contributed by atoms with Crippen molar-refractivity contribution in [3.63, 3.8) is 0 Å². The molecule has 0 fully saturated rings. The number of rotatable bonds is 4. The Morgan fingerprint density at radius 1 is 0.846 bits per heavy atom. The lowest BCUT2D eigenvalue weighted by Gasteiger charge is -2.19. The van der Waals surface area contributed by atoms with E-state index in [1.165, 1.54) is 0 Å². The Morgan fingerprint density at radius 2 is 1.50 bits per heavy atom. The van der Waals surface area contributed by atoms with Gasteiger partial charge in [0.1, 0.15) is 5.58 Å². The Bertz CT molecular complexity index is 1010. The van der Waals surface area contributed by atoms with Gasteiger partial charge < -0.3 is 9.73 Å². The van der Waals surface area contributed by atoms with Crippen LogP contribution in [0.15, 0.2) is 93.8 Å². The standard InChI is InChI=1S/C22H16BrNO2/c23-18-12-10-16(11-13-18)21(15-6-2-1-3-7-15)24-22(25)20-14-17-8-4-5-9-19(17)26-20/h1-14,21H,(H,24,25). The van der Waals surface area contributed by atoms with Crippen molar-refractivity contribution in [2.75, 3.05) is 0 Å². The summed E-state index contributed by atoms with van der Waals surface area (Å²) in [4.78, 5) is 12.8. The minimum atomic E-state index is -0.259. The molecule has 1 unspecified atom stereocenters. The zero-order chi connectivity index (χ0) is 17.9. The Labute approximate surface area is 159 Å². The number of hydrogen-bond donors (Lipinski definition) is 1. The number of benzene rings is 3. The van der Waals surface area contributed by atoms with Crippen molar-refractivity contribution in [3.8, 4) is 0 Å². The molecule has 0 aliphatic rings. The van der Waals surface area contributed by atoms with Crippen LogP contribution < -0.4 is 5.32 Å². The van der Waals surface area contributed by atoms with E-state index in [0.29, 0.717) is 11.3 Å². The fraction of sp³-hybridized carbons (Fsp3) is 0.0455. The van der Waals surface area contributed by atoms with Crippen LogP contribution in [-0.4, -0.2) is 5.91 Å². The zero-order valence-corrected chi connectivity index (χ0v) is 15.4. The second-order valence-corrected chi connectivity index (χ2v) is 6.93. The molecule has 0 aliphatic carbocycles. The topological polar surface area (TPSA) is 42.2 Å². The summed E-state index contributed by atoms with van der Waals surface area (Å²) in [5.41, 5.74) is 2.72. The highest BCUT2D eigenvalue weighted by atomic mass is 79.9. The summed E-state index contributed by atoms with van der Waals surface area (Å²) in [5, 5.41) is 4.01. The van der Waals surface area contributed by atoms with Crippen LogP contribution in [0, 0.1) is 0 Å². The lowest BCUT2D eigenvalue weighted by molar-refractivity contribution is 0.0917. The van der Waals surface area contributed by atoms with E-state index in [0.717, 1.165) is 21.0 Å². The predicted molar refractivity (Wildman–Crippen MR) is 106 cm³/mol. The third kappa shape index (κ3) is 3.41. The second-order valence-electron chi connectivity index (χ2n) is 6.02. The molecule has 4 rings (SSSR count). The van der Waals surface area contributed by atoms with E-state index in [1.54, 1.807) is 6.07 Å². The Morgan fingerprint density at radius 3 is 2.23 bits per heavy atom. The van der Waals surface area contributed by atoms with Crippen molar-refractivity contribution in [1.82, 2.24) is 5.32 Å². The molecule has 128 valence electrons. The lowest BCUT2D eigenvalue weighted by atomic mass is 9.98. The van der Waals surface area contributed by atoms with E-state index < -0.39 is 0 Å². The molecular weight excluding hydrogens is 390 g/mol. The number of hydrogen-bond acceptors (Lipinski definition) is 2. The van der Waals surface area contributed by atoms with Crippen LogP contribution >= 0.6 is 15.9 Å². The molecule has 1 N–H and O–H groups in total. The van der Waals surface area contributed by atoms with E-state index in [9.17, 15) is 4.79 Å². The highest BCUT2D eigenvalue weighted by Gasteiger charge is 2.20. The summed E-state index contributed by atoms with van der Waals surface area (Å²) < 4.78 is 6.70. The molecule has 3 aromatic carbocycles. The minimum Gasteiger partial charge on any atom is -0.451 e. The van der Waals surface area contributed by atoms with Gasteiger partial charge in [-0.2, -0.15) is 0 Å². The van der Waals surface area contributed by atoms with E-state index in [2.05, 4.69) is 21.2 Å². The summed E-state index contributed by atoms with van der Waals surface area (Å²) in [7, 11) is 0. The van der Waals surface area contributed by atoms with Gasteiger partial charge in [0.05, 0.1) is 6.04 Å². The first-order valence-corrected chi connectivity index (χ1v) is 9.10. The summed E-state index contributed by atoms with van der Waals surface area (Å²) in [6, 6.07) is 27.0. The smallest absolute Gasteiger partial charge is 0.287 e. The highest BCUT2D eigenvalue weighted by molar-refractivity contribution is 9.10. The van der Waals surface area contributed by atoms with Crippen molar-refractivity contribution in [2.45, 2.75) is 6.04 Å². The molecule has 4 heteroatoms. The van der Waals surface area contributed by atoms with Gasteiger partial charge in [-0.1, -0.05) is 76.6 Å². The first kappa shape index (κ1) is 16.6. The largest absolute Gasteiger partial charge is 0.451 e. The van der Waals surface area contributed by atoms with Crippen LogP contribution in [0.3, 0.4) is 0 Å². The second kappa shape index (κ2) is 7.18. The number of halogens is 1. The predicted octanol–water partition coefficient (Wildman–Crippen LogP) is 5.71. The summed E-state index contributed by atoms with van der Waals surface area (Å²) in [6.07, 6.45) is 0. The quantitative estimate of drug-likeness (QED) is 0.471. The first-order chi connectivity index (χ1) is 12.7. The Hall–Kier alpha value is -2.85. The van der Waals surface area contributed by atoms with Gasteiger partial charge in [-0.3, -0.25) is 4.79 Å². The van der Waals surface area contributed by atoms with Gasteiger partial charge >= 0.3 is 0 Å². The van der Waals surface area contributed by atoms with Gasteiger partial charge in [-0.15, -0.1) is 0 Å². The average Bonchev–Trinajstić information content (AvgIpc) is 3.12. The maximum atomic E-state index is 12.8. The maximum absolute atomic E-state index is 12.8. The normalized spacial score (nSPS) is 12.0. The van der Waals surface area contributed by atoms with Crippen LogP contribution in [0.1, 0.15) is 27.7 Å². The van der Waals surface area contributed by atoms with Gasteiger partial charge in [0, 0.05) is 9.86 Å². The molecule has 3 nitrogen and oxygen atoms in total. The Kier molecular flexibility index (Phi) is 4.59.